The smallest absolute Gasteiger partial charge is 0.187 e. The molecule has 14 heavy (non-hydrogen) atoms. The minimum Gasteiger partial charge on any atom is -0.496 e. The second-order valence-electron chi connectivity index (χ2n) is 3.35. The van der Waals surface area contributed by atoms with Crippen LogP contribution in [-0.4, -0.2) is 19.8 Å². The summed E-state index contributed by atoms with van der Waals surface area (Å²) in [6, 6.07) is 7.75. The zero-order chi connectivity index (χ0) is 9.97. The monoisotopic (exact) mass is 194 g/mol. The van der Waals surface area contributed by atoms with Gasteiger partial charge in [-0.3, -0.25) is 0 Å². The molecule has 0 bridgehead atoms. The molecule has 1 aromatic rings. The Bertz CT molecular complexity index is 311. The Morgan fingerprint density at radius 2 is 2.14 bits per heavy atom. The zero-order valence-corrected chi connectivity index (χ0v) is 8.40. The van der Waals surface area contributed by atoms with Gasteiger partial charge < -0.3 is 14.2 Å². The van der Waals surface area contributed by atoms with Crippen LogP contribution in [0.2, 0.25) is 0 Å². The number of para-hydroxylation sites is 1. The topological polar surface area (TPSA) is 27.7 Å². The van der Waals surface area contributed by atoms with Crippen molar-refractivity contribution in [2.75, 3.05) is 13.7 Å². The largest absolute Gasteiger partial charge is 0.496 e. The van der Waals surface area contributed by atoms with Crippen LogP contribution in [0.5, 0.6) is 5.75 Å². The standard InChI is InChI=1S/C11H14O3/c1-8-7-13-11(14-8)9-5-3-4-6-10(9)12-2/h3-6,8,11H,7H2,1-2H3. The fourth-order valence-corrected chi connectivity index (χ4v) is 1.54. The SMILES string of the molecule is COc1ccccc1C1OCC(C)O1. The first-order valence-corrected chi connectivity index (χ1v) is 4.71. The quantitative estimate of drug-likeness (QED) is 0.721. The van der Waals surface area contributed by atoms with Gasteiger partial charge in [0.25, 0.3) is 0 Å². The molecule has 76 valence electrons. The molecule has 2 rings (SSSR count). The molecule has 0 amide bonds. The van der Waals surface area contributed by atoms with Gasteiger partial charge in [-0.1, -0.05) is 18.2 Å². The summed E-state index contributed by atoms with van der Waals surface area (Å²) >= 11 is 0. The zero-order valence-electron chi connectivity index (χ0n) is 8.40. The van der Waals surface area contributed by atoms with Crippen molar-refractivity contribution in [2.45, 2.75) is 19.3 Å². The number of hydrogen-bond donors (Lipinski definition) is 0. The Labute approximate surface area is 83.6 Å². The first-order valence-electron chi connectivity index (χ1n) is 4.71. The van der Waals surface area contributed by atoms with Crippen LogP contribution in [0.4, 0.5) is 0 Å². The van der Waals surface area contributed by atoms with Gasteiger partial charge in [-0.05, 0) is 13.0 Å². The summed E-state index contributed by atoms with van der Waals surface area (Å²) in [6.07, 6.45) is -0.119. The van der Waals surface area contributed by atoms with Gasteiger partial charge in [0.2, 0.25) is 0 Å². The van der Waals surface area contributed by atoms with Crippen LogP contribution < -0.4 is 4.74 Å². The van der Waals surface area contributed by atoms with Gasteiger partial charge in [0.05, 0.1) is 19.8 Å². The molecular weight excluding hydrogens is 180 g/mol. The molecule has 2 unspecified atom stereocenters. The van der Waals surface area contributed by atoms with Gasteiger partial charge in [0.15, 0.2) is 6.29 Å². The van der Waals surface area contributed by atoms with Crippen molar-refractivity contribution in [1.29, 1.82) is 0 Å². The minimum atomic E-state index is -0.277. The fraction of sp³-hybridized carbons (Fsp3) is 0.455. The summed E-state index contributed by atoms with van der Waals surface area (Å²) in [4.78, 5) is 0. The molecular formula is C11H14O3. The van der Waals surface area contributed by atoms with E-state index in [1.807, 2.05) is 31.2 Å². The molecule has 1 heterocycles. The Balaban J connectivity index is 2.22. The summed E-state index contributed by atoms with van der Waals surface area (Å²) < 4.78 is 16.3. The van der Waals surface area contributed by atoms with Gasteiger partial charge in [-0.25, -0.2) is 0 Å². The van der Waals surface area contributed by atoms with Crippen molar-refractivity contribution in [3.63, 3.8) is 0 Å². The van der Waals surface area contributed by atoms with E-state index in [2.05, 4.69) is 0 Å². The number of rotatable bonds is 2. The average molecular weight is 194 g/mol. The number of benzene rings is 1. The summed E-state index contributed by atoms with van der Waals surface area (Å²) in [5.74, 6) is 0.812. The van der Waals surface area contributed by atoms with Gasteiger partial charge in [-0.15, -0.1) is 0 Å². The molecule has 0 N–H and O–H groups in total. The maximum Gasteiger partial charge on any atom is 0.187 e. The van der Waals surface area contributed by atoms with Crippen LogP contribution >= 0.6 is 0 Å². The highest BCUT2D eigenvalue weighted by Crippen LogP contribution is 2.32. The van der Waals surface area contributed by atoms with E-state index in [9.17, 15) is 0 Å². The van der Waals surface area contributed by atoms with Crippen LogP contribution in [-0.2, 0) is 9.47 Å². The second-order valence-corrected chi connectivity index (χ2v) is 3.35. The van der Waals surface area contributed by atoms with E-state index in [-0.39, 0.29) is 12.4 Å². The van der Waals surface area contributed by atoms with Crippen molar-refractivity contribution in [1.82, 2.24) is 0 Å². The molecule has 1 aromatic carbocycles. The molecule has 0 aliphatic carbocycles. The van der Waals surface area contributed by atoms with E-state index < -0.39 is 0 Å². The molecule has 0 aromatic heterocycles. The van der Waals surface area contributed by atoms with Gasteiger partial charge in [0.1, 0.15) is 5.75 Å². The third-order valence-corrected chi connectivity index (χ3v) is 2.23. The summed E-state index contributed by atoms with van der Waals surface area (Å²) in [7, 11) is 1.65. The Hall–Kier alpha value is -1.06. The fourth-order valence-electron chi connectivity index (χ4n) is 1.54. The van der Waals surface area contributed by atoms with Crippen molar-refractivity contribution >= 4 is 0 Å². The van der Waals surface area contributed by atoms with E-state index in [0.29, 0.717) is 6.61 Å². The molecule has 0 radical (unpaired) electrons. The molecule has 1 aliphatic heterocycles. The molecule has 0 saturated carbocycles. The highest BCUT2D eigenvalue weighted by molar-refractivity contribution is 5.34. The molecule has 2 atom stereocenters. The van der Waals surface area contributed by atoms with E-state index >= 15 is 0 Å². The van der Waals surface area contributed by atoms with E-state index in [0.717, 1.165) is 11.3 Å². The maximum atomic E-state index is 5.59. The van der Waals surface area contributed by atoms with Crippen molar-refractivity contribution < 1.29 is 14.2 Å². The lowest BCUT2D eigenvalue weighted by atomic mass is 10.2. The summed E-state index contributed by atoms with van der Waals surface area (Å²) in [6.45, 7) is 2.64. The molecule has 1 aliphatic rings. The Morgan fingerprint density at radius 3 is 2.79 bits per heavy atom. The summed E-state index contributed by atoms with van der Waals surface area (Å²) in [5, 5.41) is 0. The van der Waals surface area contributed by atoms with E-state index in [1.54, 1.807) is 7.11 Å². The normalized spacial score (nSPS) is 26.4. The molecule has 1 saturated heterocycles. The summed E-state index contributed by atoms with van der Waals surface area (Å²) in [5.41, 5.74) is 0.958. The predicted molar refractivity (Wildman–Crippen MR) is 52.2 cm³/mol. The van der Waals surface area contributed by atoms with Crippen molar-refractivity contribution in [3.8, 4) is 5.75 Å². The van der Waals surface area contributed by atoms with Crippen LogP contribution in [0.15, 0.2) is 24.3 Å². The minimum absolute atomic E-state index is 0.157. The predicted octanol–water partition coefficient (Wildman–Crippen LogP) is 2.13. The lowest BCUT2D eigenvalue weighted by Gasteiger charge is -2.13. The molecule has 3 nitrogen and oxygen atoms in total. The first-order chi connectivity index (χ1) is 6.81. The molecule has 0 spiro atoms. The maximum absolute atomic E-state index is 5.59. The van der Waals surface area contributed by atoms with Gasteiger partial charge in [0, 0.05) is 5.56 Å². The third-order valence-electron chi connectivity index (χ3n) is 2.23. The average Bonchev–Trinajstić information content (AvgIpc) is 2.65. The number of hydrogen-bond acceptors (Lipinski definition) is 3. The van der Waals surface area contributed by atoms with Crippen LogP contribution in [0, 0.1) is 0 Å². The van der Waals surface area contributed by atoms with E-state index in [4.69, 9.17) is 14.2 Å². The molecule has 1 fully saturated rings. The first kappa shape index (κ1) is 9.49. The van der Waals surface area contributed by atoms with Crippen molar-refractivity contribution in [2.24, 2.45) is 0 Å². The third kappa shape index (κ3) is 1.74. The highest BCUT2D eigenvalue weighted by atomic mass is 16.7. The molecule has 3 heteroatoms. The number of ether oxygens (including phenoxy) is 3. The Morgan fingerprint density at radius 1 is 1.36 bits per heavy atom. The van der Waals surface area contributed by atoms with Crippen LogP contribution in [0.3, 0.4) is 0 Å². The van der Waals surface area contributed by atoms with E-state index in [1.165, 1.54) is 0 Å². The second kappa shape index (κ2) is 3.98. The van der Waals surface area contributed by atoms with Crippen LogP contribution in [0.25, 0.3) is 0 Å². The lowest BCUT2D eigenvalue weighted by molar-refractivity contribution is -0.0584. The van der Waals surface area contributed by atoms with Crippen molar-refractivity contribution in [3.05, 3.63) is 29.8 Å². The Kier molecular flexibility index (Phi) is 2.70. The highest BCUT2D eigenvalue weighted by Gasteiger charge is 2.26. The lowest BCUT2D eigenvalue weighted by Crippen LogP contribution is -2.03. The van der Waals surface area contributed by atoms with Gasteiger partial charge in [-0.2, -0.15) is 0 Å². The van der Waals surface area contributed by atoms with Crippen LogP contribution in [0.1, 0.15) is 18.8 Å². The van der Waals surface area contributed by atoms with Gasteiger partial charge >= 0.3 is 0 Å². The number of methoxy groups -OCH3 is 1.